The van der Waals surface area contributed by atoms with Crippen LogP contribution in [0.15, 0.2) is 12.3 Å². The summed E-state index contributed by atoms with van der Waals surface area (Å²) in [5, 5.41) is 2.78. The highest BCUT2D eigenvalue weighted by Crippen LogP contribution is 2.23. The molecule has 1 fully saturated rings. The number of alkyl halides is 1. The number of hydrogen-bond acceptors (Lipinski definition) is 5. The SMILES string of the molecule is Cc1cnc(OCC(C)(C)C(=O)N[C@H]2CCN(C(=O)OC(C)(C)C)C[C@@H]2F)c(C)c1. The van der Waals surface area contributed by atoms with Gasteiger partial charge < -0.3 is 19.7 Å². The number of nitrogens with zero attached hydrogens (tertiary/aromatic N) is 2. The molecule has 30 heavy (non-hydrogen) atoms. The Morgan fingerprint density at radius 3 is 2.50 bits per heavy atom. The van der Waals surface area contributed by atoms with Gasteiger partial charge in [0.2, 0.25) is 11.8 Å². The number of rotatable bonds is 5. The van der Waals surface area contributed by atoms with E-state index in [9.17, 15) is 14.0 Å². The van der Waals surface area contributed by atoms with Gasteiger partial charge in [-0.15, -0.1) is 0 Å². The highest BCUT2D eigenvalue weighted by molar-refractivity contribution is 5.82. The predicted octanol–water partition coefficient (Wildman–Crippen LogP) is 3.57. The van der Waals surface area contributed by atoms with Gasteiger partial charge in [0.1, 0.15) is 18.4 Å². The fourth-order valence-corrected chi connectivity index (χ4v) is 3.09. The van der Waals surface area contributed by atoms with Crippen LogP contribution in [0.4, 0.5) is 9.18 Å². The van der Waals surface area contributed by atoms with Gasteiger partial charge in [-0.1, -0.05) is 0 Å². The molecular weight excluding hydrogens is 389 g/mol. The Kier molecular flexibility index (Phi) is 7.31. The lowest BCUT2D eigenvalue weighted by Gasteiger charge is -2.37. The van der Waals surface area contributed by atoms with Gasteiger partial charge in [0.15, 0.2) is 0 Å². The van der Waals surface area contributed by atoms with Crippen molar-refractivity contribution in [3.63, 3.8) is 0 Å². The summed E-state index contributed by atoms with van der Waals surface area (Å²) in [5.74, 6) is 0.182. The summed E-state index contributed by atoms with van der Waals surface area (Å²) in [6.07, 6.45) is 0.126. The lowest BCUT2D eigenvalue weighted by atomic mass is 9.92. The highest BCUT2D eigenvalue weighted by atomic mass is 19.1. The Morgan fingerprint density at radius 2 is 1.93 bits per heavy atom. The van der Waals surface area contributed by atoms with E-state index in [1.807, 2.05) is 19.9 Å². The van der Waals surface area contributed by atoms with Crippen molar-refractivity contribution in [3.05, 3.63) is 23.4 Å². The lowest BCUT2D eigenvalue weighted by molar-refractivity contribution is -0.132. The molecule has 168 valence electrons. The smallest absolute Gasteiger partial charge is 0.410 e. The minimum Gasteiger partial charge on any atom is -0.476 e. The average Bonchev–Trinajstić information content (AvgIpc) is 2.61. The monoisotopic (exact) mass is 423 g/mol. The van der Waals surface area contributed by atoms with Gasteiger partial charge in [-0.05, 0) is 66.5 Å². The summed E-state index contributed by atoms with van der Waals surface area (Å²) >= 11 is 0. The number of aryl methyl sites for hydroxylation is 2. The van der Waals surface area contributed by atoms with Crippen LogP contribution in [0.25, 0.3) is 0 Å². The topological polar surface area (TPSA) is 80.8 Å². The first-order chi connectivity index (χ1) is 13.8. The minimum absolute atomic E-state index is 0.108. The quantitative estimate of drug-likeness (QED) is 0.783. The average molecular weight is 424 g/mol. The molecule has 0 bridgehead atoms. The summed E-state index contributed by atoms with van der Waals surface area (Å²) in [7, 11) is 0. The maximum atomic E-state index is 14.7. The summed E-state index contributed by atoms with van der Waals surface area (Å²) in [5.41, 5.74) is 0.414. The second kappa shape index (κ2) is 9.18. The molecule has 2 rings (SSSR count). The Labute approximate surface area is 178 Å². The molecule has 0 radical (unpaired) electrons. The van der Waals surface area contributed by atoms with Crippen LogP contribution in [-0.2, 0) is 9.53 Å². The zero-order valence-electron chi connectivity index (χ0n) is 19.0. The molecule has 1 aromatic rings. The van der Waals surface area contributed by atoms with Crippen LogP contribution >= 0.6 is 0 Å². The molecule has 0 unspecified atom stereocenters. The second-order valence-electron chi connectivity index (χ2n) is 9.62. The van der Waals surface area contributed by atoms with Crippen molar-refractivity contribution in [2.24, 2.45) is 5.41 Å². The third kappa shape index (κ3) is 6.57. The molecule has 2 atom stereocenters. The molecule has 1 aromatic heterocycles. The number of piperidine rings is 1. The highest BCUT2D eigenvalue weighted by Gasteiger charge is 2.37. The lowest BCUT2D eigenvalue weighted by Crippen LogP contribution is -2.56. The molecule has 0 saturated carbocycles. The van der Waals surface area contributed by atoms with Crippen LogP contribution in [0.2, 0.25) is 0 Å². The van der Waals surface area contributed by atoms with Crippen LogP contribution in [0, 0.1) is 19.3 Å². The van der Waals surface area contributed by atoms with Gasteiger partial charge in [0.25, 0.3) is 0 Å². The van der Waals surface area contributed by atoms with Crippen molar-refractivity contribution in [2.75, 3.05) is 19.7 Å². The van der Waals surface area contributed by atoms with Crippen molar-refractivity contribution in [3.8, 4) is 5.88 Å². The fraction of sp³-hybridized carbons (Fsp3) is 0.682. The van der Waals surface area contributed by atoms with Crippen molar-refractivity contribution in [1.82, 2.24) is 15.2 Å². The molecule has 8 heteroatoms. The first-order valence-corrected chi connectivity index (χ1v) is 10.3. The van der Waals surface area contributed by atoms with Crippen LogP contribution in [0.5, 0.6) is 5.88 Å². The standard InChI is InChI=1S/C22H34FN3O4/c1-14-10-15(2)18(24-11-14)29-13-22(6,7)19(27)25-17-8-9-26(12-16(17)23)20(28)30-21(3,4)5/h10-11,16-17H,8-9,12-13H2,1-7H3,(H,25,27)/t16-,17-/m0/s1. The van der Waals surface area contributed by atoms with Gasteiger partial charge >= 0.3 is 6.09 Å². The van der Waals surface area contributed by atoms with E-state index in [2.05, 4.69) is 10.3 Å². The third-order valence-corrected chi connectivity index (χ3v) is 4.86. The van der Waals surface area contributed by atoms with Gasteiger partial charge in [0, 0.05) is 18.3 Å². The Balaban J connectivity index is 1.89. The molecule has 1 N–H and O–H groups in total. The third-order valence-electron chi connectivity index (χ3n) is 4.86. The molecule has 1 saturated heterocycles. The first kappa shape index (κ1) is 23.9. The van der Waals surface area contributed by atoms with Gasteiger partial charge in [-0.2, -0.15) is 0 Å². The van der Waals surface area contributed by atoms with E-state index in [0.29, 0.717) is 18.8 Å². The number of carbonyl (C=O) groups is 2. The Morgan fingerprint density at radius 1 is 1.27 bits per heavy atom. The molecule has 0 aromatic carbocycles. The molecule has 2 amide bonds. The van der Waals surface area contributed by atoms with Crippen molar-refractivity contribution < 1.29 is 23.5 Å². The molecule has 1 aliphatic heterocycles. The number of halogens is 1. The van der Waals surface area contributed by atoms with Crippen molar-refractivity contribution in [2.45, 2.75) is 72.7 Å². The largest absolute Gasteiger partial charge is 0.476 e. The van der Waals surface area contributed by atoms with E-state index in [4.69, 9.17) is 9.47 Å². The van der Waals surface area contributed by atoms with Crippen molar-refractivity contribution in [1.29, 1.82) is 0 Å². The number of pyridine rings is 1. The molecule has 2 heterocycles. The molecule has 1 aliphatic rings. The minimum atomic E-state index is -1.37. The van der Waals surface area contributed by atoms with Gasteiger partial charge in [-0.3, -0.25) is 4.79 Å². The Bertz CT molecular complexity index is 776. The molecule has 7 nitrogen and oxygen atoms in total. The number of amides is 2. The summed E-state index contributed by atoms with van der Waals surface area (Å²) in [4.78, 5) is 30.5. The van der Waals surface area contributed by atoms with Crippen LogP contribution < -0.4 is 10.1 Å². The van der Waals surface area contributed by atoms with Gasteiger partial charge in [-0.25, -0.2) is 14.2 Å². The normalized spacial score (nSPS) is 19.9. The van der Waals surface area contributed by atoms with E-state index < -0.39 is 29.3 Å². The number of carbonyl (C=O) groups excluding carboxylic acids is 2. The van der Waals surface area contributed by atoms with Crippen LogP contribution in [0.3, 0.4) is 0 Å². The predicted molar refractivity (Wildman–Crippen MR) is 112 cm³/mol. The molecular formula is C22H34FN3O4. The van der Waals surface area contributed by atoms with Crippen LogP contribution in [0.1, 0.15) is 52.2 Å². The van der Waals surface area contributed by atoms with E-state index in [0.717, 1.165) is 11.1 Å². The molecule has 0 aliphatic carbocycles. The maximum Gasteiger partial charge on any atom is 0.410 e. The summed E-state index contributed by atoms with van der Waals surface area (Å²) in [6, 6.07) is 1.30. The zero-order valence-corrected chi connectivity index (χ0v) is 19.0. The summed E-state index contributed by atoms with van der Waals surface area (Å²) in [6.45, 7) is 13.0. The van der Waals surface area contributed by atoms with E-state index >= 15 is 0 Å². The number of nitrogens with one attached hydrogen (secondary N) is 1. The second-order valence-corrected chi connectivity index (χ2v) is 9.62. The summed E-state index contributed by atoms with van der Waals surface area (Å²) < 4.78 is 25.7. The number of likely N-dealkylation sites (tertiary alicyclic amines) is 1. The number of aromatic nitrogens is 1. The van der Waals surface area contributed by atoms with E-state index in [1.165, 1.54) is 4.90 Å². The molecule has 0 spiro atoms. The Hall–Kier alpha value is -2.38. The zero-order chi connectivity index (χ0) is 22.7. The van der Waals surface area contributed by atoms with Crippen LogP contribution in [-0.4, -0.2) is 59.4 Å². The first-order valence-electron chi connectivity index (χ1n) is 10.3. The van der Waals surface area contributed by atoms with E-state index in [-0.39, 0.29) is 19.1 Å². The number of hydrogen-bond donors (Lipinski definition) is 1. The number of ether oxygens (including phenoxy) is 2. The van der Waals surface area contributed by atoms with E-state index in [1.54, 1.807) is 40.8 Å². The maximum absolute atomic E-state index is 14.7. The van der Waals surface area contributed by atoms with Gasteiger partial charge in [0.05, 0.1) is 18.0 Å². The fourth-order valence-electron chi connectivity index (χ4n) is 3.09. The van der Waals surface area contributed by atoms with Crippen molar-refractivity contribution >= 4 is 12.0 Å².